The molecule has 2 aromatic carbocycles. The van der Waals surface area contributed by atoms with Crippen molar-refractivity contribution in [1.82, 2.24) is 15.1 Å². The summed E-state index contributed by atoms with van der Waals surface area (Å²) in [5.41, 5.74) is 3.64. The lowest BCUT2D eigenvalue weighted by Gasteiger charge is -2.16. The Morgan fingerprint density at radius 2 is 1.97 bits per heavy atom. The van der Waals surface area contributed by atoms with Gasteiger partial charge in [-0.3, -0.25) is 9.59 Å². The van der Waals surface area contributed by atoms with Gasteiger partial charge in [-0.1, -0.05) is 83.3 Å². The first-order chi connectivity index (χ1) is 15.1. The largest absolute Gasteiger partial charge is 0.342 e. The van der Waals surface area contributed by atoms with Crippen LogP contribution in [0.3, 0.4) is 0 Å². The minimum atomic E-state index is -0.351. The van der Waals surface area contributed by atoms with Crippen LogP contribution in [0.2, 0.25) is 0 Å². The topological polar surface area (TPSA) is 75.2 Å². The summed E-state index contributed by atoms with van der Waals surface area (Å²) in [6.07, 6.45) is 1.03. The maximum Gasteiger partial charge on any atom is 0.231 e. The Labute approximate surface area is 190 Å². The van der Waals surface area contributed by atoms with E-state index in [1.807, 2.05) is 24.3 Å². The van der Waals surface area contributed by atoms with Crippen molar-refractivity contribution in [1.29, 1.82) is 0 Å². The van der Waals surface area contributed by atoms with Crippen molar-refractivity contribution < 1.29 is 9.59 Å². The highest BCUT2D eigenvalue weighted by Crippen LogP contribution is 2.29. The molecule has 2 amide bonds. The zero-order chi connectivity index (χ0) is 21.6. The highest BCUT2D eigenvalue weighted by molar-refractivity contribution is 8.00. The molecule has 0 saturated carbocycles. The second-order valence-electron chi connectivity index (χ2n) is 7.62. The monoisotopic (exact) mass is 452 g/mol. The van der Waals surface area contributed by atoms with Gasteiger partial charge in [0, 0.05) is 25.3 Å². The Morgan fingerprint density at radius 3 is 2.77 bits per heavy atom. The summed E-state index contributed by atoms with van der Waals surface area (Å²) in [5.74, 6) is 0.317. The molecule has 1 saturated heterocycles. The molecule has 1 fully saturated rings. The highest BCUT2D eigenvalue weighted by Gasteiger charge is 2.34. The maximum absolute atomic E-state index is 12.6. The molecular weight excluding hydrogens is 428 g/mol. The Balaban J connectivity index is 1.26. The molecule has 1 aliphatic heterocycles. The van der Waals surface area contributed by atoms with Crippen LogP contribution in [0, 0.1) is 12.8 Å². The van der Waals surface area contributed by atoms with Gasteiger partial charge in [-0.15, -0.1) is 10.2 Å². The summed E-state index contributed by atoms with van der Waals surface area (Å²) in [4.78, 5) is 26.8. The lowest BCUT2D eigenvalue weighted by atomic mass is 10.1. The molecule has 4 rings (SSSR count). The van der Waals surface area contributed by atoms with Crippen LogP contribution in [0.15, 0.2) is 58.9 Å². The molecule has 1 aliphatic rings. The molecule has 8 heteroatoms. The Kier molecular flexibility index (Phi) is 6.99. The molecule has 31 heavy (non-hydrogen) atoms. The van der Waals surface area contributed by atoms with Crippen molar-refractivity contribution in [2.24, 2.45) is 5.92 Å². The number of likely N-dealkylation sites (tertiary alicyclic amines) is 1. The molecule has 0 bridgehead atoms. The molecule has 1 N–H and O–H groups in total. The molecule has 160 valence electrons. The van der Waals surface area contributed by atoms with Gasteiger partial charge < -0.3 is 10.2 Å². The molecule has 1 aromatic heterocycles. The number of carbonyl (C=O) groups is 2. The predicted molar refractivity (Wildman–Crippen MR) is 124 cm³/mol. The minimum Gasteiger partial charge on any atom is -0.342 e. The van der Waals surface area contributed by atoms with Gasteiger partial charge in [-0.05, 0) is 24.5 Å². The SMILES string of the molecule is Cc1cccc(CSc2nnc(NC(=O)C3CC(=O)N(CCc4ccccc4)C3)s2)c1. The average Bonchev–Trinajstić information content (AvgIpc) is 3.38. The Bertz CT molecular complexity index is 1050. The summed E-state index contributed by atoms with van der Waals surface area (Å²) in [5, 5.41) is 11.6. The van der Waals surface area contributed by atoms with Crippen LogP contribution in [0.25, 0.3) is 0 Å². The van der Waals surface area contributed by atoms with E-state index in [4.69, 9.17) is 0 Å². The van der Waals surface area contributed by atoms with Crippen LogP contribution >= 0.6 is 23.1 Å². The van der Waals surface area contributed by atoms with Gasteiger partial charge in [-0.2, -0.15) is 0 Å². The van der Waals surface area contributed by atoms with Crippen molar-refractivity contribution in [3.8, 4) is 0 Å². The number of nitrogens with one attached hydrogen (secondary N) is 1. The van der Waals surface area contributed by atoms with Gasteiger partial charge in [0.1, 0.15) is 0 Å². The van der Waals surface area contributed by atoms with E-state index in [0.29, 0.717) is 18.2 Å². The maximum atomic E-state index is 12.6. The minimum absolute atomic E-state index is 0.0303. The van der Waals surface area contributed by atoms with Crippen LogP contribution in [-0.2, 0) is 21.8 Å². The third-order valence-corrected chi connectivity index (χ3v) is 7.22. The van der Waals surface area contributed by atoms with E-state index in [1.54, 1.807) is 16.7 Å². The third-order valence-electron chi connectivity index (χ3n) is 5.18. The number of aromatic nitrogens is 2. The van der Waals surface area contributed by atoms with Crippen molar-refractivity contribution in [3.05, 3.63) is 71.3 Å². The zero-order valence-electron chi connectivity index (χ0n) is 17.3. The van der Waals surface area contributed by atoms with E-state index in [9.17, 15) is 9.59 Å². The third kappa shape index (κ3) is 5.92. The van der Waals surface area contributed by atoms with E-state index in [1.165, 1.54) is 28.0 Å². The number of benzene rings is 2. The summed E-state index contributed by atoms with van der Waals surface area (Å²) in [6.45, 7) is 3.15. The van der Waals surface area contributed by atoms with E-state index >= 15 is 0 Å². The van der Waals surface area contributed by atoms with Crippen LogP contribution in [0.5, 0.6) is 0 Å². The standard InChI is InChI=1S/C23H24N4O2S2/c1-16-6-5-9-18(12-16)15-30-23-26-25-22(31-23)24-21(29)19-13-20(28)27(14-19)11-10-17-7-3-2-4-8-17/h2-9,12,19H,10-11,13-15H2,1H3,(H,24,25,29). The first-order valence-corrected chi connectivity index (χ1v) is 12.0. The van der Waals surface area contributed by atoms with Crippen molar-refractivity contribution in [2.75, 3.05) is 18.4 Å². The van der Waals surface area contributed by atoms with E-state index in [2.05, 4.69) is 52.8 Å². The smallest absolute Gasteiger partial charge is 0.231 e. The number of rotatable bonds is 8. The Hall–Kier alpha value is -2.71. The van der Waals surface area contributed by atoms with Crippen LogP contribution in [0.4, 0.5) is 5.13 Å². The fourth-order valence-electron chi connectivity index (χ4n) is 3.55. The fraction of sp³-hybridized carbons (Fsp3) is 0.304. The number of hydrogen-bond acceptors (Lipinski definition) is 6. The van der Waals surface area contributed by atoms with E-state index < -0.39 is 0 Å². The first kappa shape index (κ1) is 21.5. The highest BCUT2D eigenvalue weighted by atomic mass is 32.2. The zero-order valence-corrected chi connectivity index (χ0v) is 18.9. The van der Waals surface area contributed by atoms with E-state index in [0.717, 1.165) is 16.5 Å². The van der Waals surface area contributed by atoms with Gasteiger partial charge in [-0.25, -0.2) is 0 Å². The summed E-state index contributed by atoms with van der Waals surface area (Å²) >= 11 is 2.96. The van der Waals surface area contributed by atoms with Gasteiger partial charge >= 0.3 is 0 Å². The summed E-state index contributed by atoms with van der Waals surface area (Å²) in [7, 11) is 0. The van der Waals surface area contributed by atoms with Gasteiger partial charge in [0.25, 0.3) is 0 Å². The number of amides is 2. The number of nitrogens with zero attached hydrogens (tertiary/aromatic N) is 3. The predicted octanol–water partition coefficient (Wildman–Crippen LogP) is 4.17. The number of hydrogen-bond donors (Lipinski definition) is 1. The lowest BCUT2D eigenvalue weighted by Crippen LogP contribution is -2.30. The lowest BCUT2D eigenvalue weighted by molar-refractivity contribution is -0.128. The van der Waals surface area contributed by atoms with Crippen molar-refractivity contribution in [3.63, 3.8) is 0 Å². The molecule has 3 aromatic rings. The van der Waals surface area contributed by atoms with Crippen LogP contribution in [0.1, 0.15) is 23.1 Å². The molecule has 1 unspecified atom stereocenters. The molecule has 0 radical (unpaired) electrons. The quantitative estimate of drug-likeness (QED) is 0.410. The van der Waals surface area contributed by atoms with Crippen molar-refractivity contribution >= 4 is 40.0 Å². The van der Waals surface area contributed by atoms with E-state index in [-0.39, 0.29) is 24.2 Å². The molecule has 1 atom stereocenters. The number of anilines is 1. The average molecular weight is 453 g/mol. The Morgan fingerprint density at radius 1 is 1.16 bits per heavy atom. The second kappa shape index (κ2) is 10.1. The molecule has 2 heterocycles. The summed E-state index contributed by atoms with van der Waals surface area (Å²) in [6, 6.07) is 18.4. The van der Waals surface area contributed by atoms with Gasteiger partial charge in [0.05, 0.1) is 5.92 Å². The van der Waals surface area contributed by atoms with Gasteiger partial charge in [0.15, 0.2) is 4.34 Å². The number of carbonyl (C=O) groups excluding carboxylic acids is 2. The molecule has 6 nitrogen and oxygen atoms in total. The molecule has 0 spiro atoms. The van der Waals surface area contributed by atoms with Crippen molar-refractivity contribution in [2.45, 2.75) is 29.9 Å². The van der Waals surface area contributed by atoms with Crippen LogP contribution < -0.4 is 5.32 Å². The first-order valence-electron chi connectivity index (χ1n) is 10.2. The molecular formula is C23H24N4O2S2. The fourth-order valence-corrected chi connectivity index (χ4v) is 5.24. The van der Waals surface area contributed by atoms with Crippen LogP contribution in [-0.4, -0.2) is 40.0 Å². The summed E-state index contributed by atoms with van der Waals surface area (Å²) < 4.78 is 0.809. The second-order valence-corrected chi connectivity index (χ2v) is 9.82. The molecule has 0 aliphatic carbocycles. The number of aryl methyl sites for hydroxylation is 1. The number of thioether (sulfide) groups is 1. The normalized spacial score (nSPS) is 16.0. The van der Waals surface area contributed by atoms with Gasteiger partial charge in [0.2, 0.25) is 16.9 Å².